The zero-order chi connectivity index (χ0) is 48.0. The molecule has 1 fully saturated rings. The minimum Gasteiger partial charge on any atom is -0.394 e. The van der Waals surface area contributed by atoms with Gasteiger partial charge in [0.05, 0.1) is 25.4 Å². The number of ether oxygens (including phenoxy) is 2. The lowest BCUT2D eigenvalue weighted by molar-refractivity contribution is -0.302. The van der Waals surface area contributed by atoms with Crippen LogP contribution in [0.2, 0.25) is 0 Å². The maximum absolute atomic E-state index is 13.0. The van der Waals surface area contributed by atoms with Crippen molar-refractivity contribution in [1.29, 1.82) is 0 Å². The number of amides is 1. The largest absolute Gasteiger partial charge is 0.394 e. The Balaban J connectivity index is 2.12. The highest BCUT2D eigenvalue weighted by Gasteiger charge is 2.44. The smallest absolute Gasteiger partial charge is 0.220 e. The molecule has 0 saturated carbocycles. The highest BCUT2D eigenvalue weighted by atomic mass is 16.7. The maximum Gasteiger partial charge on any atom is 0.220 e. The van der Waals surface area contributed by atoms with E-state index in [1.54, 1.807) is 6.08 Å². The summed E-state index contributed by atoms with van der Waals surface area (Å²) in [4.78, 5) is 13.0. The summed E-state index contributed by atoms with van der Waals surface area (Å²) in [6, 6.07) is -0.818. The minimum atomic E-state index is -1.57. The fraction of sp³-hybridized carbons (Fsp3) is 0.877. The Labute approximate surface area is 406 Å². The molecular formula is C57H107NO8. The van der Waals surface area contributed by atoms with E-state index in [-0.39, 0.29) is 12.5 Å². The second-order valence-corrected chi connectivity index (χ2v) is 19.7. The van der Waals surface area contributed by atoms with Crippen LogP contribution < -0.4 is 5.32 Å². The summed E-state index contributed by atoms with van der Waals surface area (Å²) in [6.45, 7) is 3.76. The van der Waals surface area contributed by atoms with Crippen molar-refractivity contribution in [2.45, 2.75) is 307 Å². The van der Waals surface area contributed by atoms with Crippen molar-refractivity contribution < 1.29 is 39.8 Å². The van der Waals surface area contributed by atoms with E-state index in [1.807, 2.05) is 6.08 Å². The number of carbonyl (C=O) groups is 1. The second-order valence-electron chi connectivity index (χ2n) is 19.7. The maximum atomic E-state index is 13.0. The molecule has 1 aliphatic heterocycles. The van der Waals surface area contributed by atoms with E-state index in [9.17, 15) is 30.3 Å². The molecule has 66 heavy (non-hydrogen) atoms. The Morgan fingerprint density at radius 3 is 1.27 bits per heavy atom. The van der Waals surface area contributed by atoms with Crippen LogP contribution in [0, 0.1) is 0 Å². The Morgan fingerprint density at radius 1 is 0.500 bits per heavy atom. The molecule has 6 N–H and O–H groups in total. The molecule has 1 rings (SSSR count). The molecule has 9 heteroatoms. The molecule has 9 nitrogen and oxygen atoms in total. The molecule has 0 spiro atoms. The molecule has 7 atom stereocenters. The summed E-state index contributed by atoms with van der Waals surface area (Å²) in [7, 11) is 0. The summed E-state index contributed by atoms with van der Waals surface area (Å²) in [5.41, 5.74) is 0. The summed E-state index contributed by atoms with van der Waals surface area (Å²) >= 11 is 0. The average Bonchev–Trinajstić information content (AvgIpc) is 3.32. The van der Waals surface area contributed by atoms with E-state index < -0.39 is 49.5 Å². The number of carbonyl (C=O) groups excluding carboxylic acids is 1. The lowest BCUT2D eigenvalue weighted by Gasteiger charge is -2.40. The zero-order valence-corrected chi connectivity index (χ0v) is 43.0. The molecule has 0 aliphatic carbocycles. The van der Waals surface area contributed by atoms with Crippen molar-refractivity contribution in [3.05, 3.63) is 36.5 Å². The predicted octanol–water partition coefficient (Wildman–Crippen LogP) is 13.6. The summed E-state index contributed by atoms with van der Waals surface area (Å²) in [5, 5.41) is 54.3. The van der Waals surface area contributed by atoms with Crippen LogP contribution in [-0.2, 0) is 14.3 Å². The van der Waals surface area contributed by atoms with E-state index in [0.717, 1.165) is 38.5 Å². The van der Waals surface area contributed by atoms with Crippen LogP contribution in [0.4, 0.5) is 0 Å². The molecular weight excluding hydrogens is 827 g/mol. The molecule has 1 saturated heterocycles. The van der Waals surface area contributed by atoms with E-state index in [0.29, 0.717) is 6.42 Å². The van der Waals surface area contributed by atoms with Gasteiger partial charge in [-0.2, -0.15) is 0 Å². The first-order valence-electron chi connectivity index (χ1n) is 28.2. The number of nitrogens with one attached hydrogen (secondary N) is 1. The molecule has 0 bridgehead atoms. The van der Waals surface area contributed by atoms with Gasteiger partial charge in [0.1, 0.15) is 24.4 Å². The minimum absolute atomic E-state index is 0.184. The third kappa shape index (κ3) is 36.4. The van der Waals surface area contributed by atoms with Gasteiger partial charge in [-0.3, -0.25) is 4.79 Å². The summed E-state index contributed by atoms with van der Waals surface area (Å²) in [6.07, 6.45) is 53.7. The third-order valence-electron chi connectivity index (χ3n) is 13.4. The molecule has 1 heterocycles. The number of hydrogen-bond donors (Lipinski definition) is 6. The van der Waals surface area contributed by atoms with Crippen molar-refractivity contribution >= 4 is 5.91 Å². The number of hydrogen-bond acceptors (Lipinski definition) is 8. The van der Waals surface area contributed by atoms with Crippen molar-refractivity contribution in [3.8, 4) is 0 Å². The first-order valence-corrected chi connectivity index (χ1v) is 28.2. The molecule has 0 aromatic rings. The molecule has 0 aromatic carbocycles. The third-order valence-corrected chi connectivity index (χ3v) is 13.4. The van der Waals surface area contributed by atoms with Crippen molar-refractivity contribution in [1.82, 2.24) is 5.32 Å². The Kier molecular flexibility index (Phi) is 44.6. The Morgan fingerprint density at radius 2 is 0.864 bits per heavy atom. The molecule has 388 valence electrons. The zero-order valence-electron chi connectivity index (χ0n) is 43.0. The first kappa shape index (κ1) is 62.4. The summed E-state index contributed by atoms with van der Waals surface area (Å²) in [5.74, 6) is -0.184. The van der Waals surface area contributed by atoms with Crippen LogP contribution in [-0.4, -0.2) is 87.5 Å². The van der Waals surface area contributed by atoms with E-state index in [4.69, 9.17) is 9.47 Å². The van der Waals surface area contributed by atoms with Gasteiger partial charge in [-0.1, -0.05) is 237 Å². The molecule has 1 amide bonds. The van der Waals surface area contributed by atoms with Crippen LogP contribution in [0.15, 0.2) is 36.5 Å². The fourth-order valence-electron chi connectivity index (χ4n) is 8.93. The normalized spacial score (nSPS) is 20.0. The number of rotatable bonds is 48. The number of unbranched alkanes of at least 4 members (excludes halogenated alkanes) is 34. The van der Waals surface area contributed by atoms with Gasteiger partial charge in [-0.15, -0.1) is 0 Å². The van der Waals surface area contributed by atoms with Gasteiger partial charge >= 0.3 is 0 Å². The number of aliphatic hydroxyl groups excluding tert-OH is 5. The van der Waals surface area contributed by atoms with E-state index in [2.05, 4.69) is 43.5 Å². The van der Waals surface area contributed by atoms with Gasteiger partial charge in [0.25, 0.3) is 0 Å². The van der Waals surface area contributed by atoms with Crippen molar-refractivity contribution in [2.24, 2.45) is 0 Å². The van der Waals surface area contributed by atoms with Crippen LogP contribution in [0.3, 0.4) is 0 Å². The number of allylic oxidation sites excluding steroid dienone is 5. The number of aliphatic hydroxyl groups is 5. The van der Waals surface area contributed by atoms with Crippen LogP contribution in [0.25, 0.3) is 0 Å². The van der Waals surface area contributed by atoms with Crippen molar-refractivity contribution in [2.75, 3.05) is 13.2 Å². The van der Waals surface area contributed by atoms with Gasteiger partial charge in [-0.05, 0) is 57.8 Å². The van der Waals surface area contributed by atoms with Gasteiger partial charge in [0.2, 0.25) is 5.91 Å². The summed E-state index contributed by atoms with van der Waals surface area (Å²) < 4.78 is 11.2. The van der Waals surface area contributed by atoms with Crippen LogP contribution in [0.1, 0.15) is 264 Å². The Bertz CT molecular complexity index is 1130. The molecule has 1 aliphatic rings. The first-order chi connectivity index (χ1) is 32.3. The molecule has 0 radical (unpaired) electrons. The van der Waals surface area contributed by atoms with Gasteiger partial charge < -0.3 is 40.3 Å². The highest BCUT2D eigenvalue weighted by Crippen LogP contribution is 2.23. The van der Waals surface area contributed by atoms with Gasteiger partial charge in [0.15, 0.2) is 6.29 Å². The van der Waals surface area contributed by atoms with Crippen molar-refractivity contribution in [3.63, 3.8) is 0 Å². The quantitative estimate of drug-likeness (QED) is 0.0261. The lowest BCUT2D eigenvalue weighted by atomic mass is 9.99. The molecule has 0 aromatic heterocycles. The van der Waals surface area contributed by atoms with Crippen LogP contribution in [0.5, 0.6) is 0 Å². The van der Waals surface area contributed by atoms with Gasteiger partial charge in [0, 0.05) is 6.42 Å². The monoisotopic (exact) mass is 934 g/mol. The van der Waals surface area contributed by atoms with Gasteiger partial charge in [-0.25, -0.2) is 0 Å². The van der Waals surface area contributed by atoms with Crippen LogP contribution >= 0.6 is 0 Å². The standard InChI is InChI=1S/C57H107NO8/c1-3-5-7-9-11-13-15-17-18-19-20-21-22-23-24-25-26-27-28-29-30-31-32-33-34-35-37-39-41-43-45-47-53(61)58-50(49-65-57-56(64)55(63)54(62)52(48-59)66-57)51(60)46-44-42-40-38-36-16-14-12-10-8-6-4-2/h19-20,36,38,44,46,50-52,54-57,59-60,62-64H,3-18,21-35,37,39-43,45,47-49H2,1-2H3,(H,58,61)/b20-19-,38-36+,46-44+. The lowest BCUT2D eigenvalue weighted by Crippen LogP contribution is -2.60. The Hall–Kier alpha value is -1.59. The van der Waals surface area contributed by atoms with E-state index in [1.165, 1.54) is 205 Å². The second kappa shape index (κ2) is 47.1. The van der Waals surface area contributed by atoms with E-state index >= 15 is 0 Å². The predicted molar refractivity (Wildman–Crippen MR) is 276 cm³/mol. The average molecular weight is 934 g/mol. The molecule has 7 unspecified atom stereocenters. The SMILES string of the molecule is CCCCCCCC/C=C/CC/C=C/C(O)C(COC1OC(CO)C(O)C(O)C1O)NC(=O)CCCCCCCCCCCCCCCCCCCCC/C=C\CCCCCCCCCC. The highest BCUT2D eigenvalue weighted by molar-refractivity contribution is 5.76. The topological polar surface area (TPSA) is 149 Å². The fourth-order valence-corrected chi connectivity index (χ4v) is 8.93.